The zero-order valence-electron chi connectivity index (χ0n) is 13.0. The summed E-state index contributed by atoms with van der Waals surface area (Å²) in [6.07, 6.45) is 3.38. The molecule has 0 bridgehead atoms. The normalized spacial score (nSPS) is 11.1. The van der Waals surface area contributed by atoms with E-state index < -0.39 is 0 Å². The Morgan fingerprint density at radius 3 is 2.48 bits per heavy atom. The van der Waals surface area contributed by atoms with Crippen LogP contribution in [0.2, 0.25) is 0 Å². The Bertz CT molecular complexity index is 576. The third-order valence-corrected chi connectivity index (χ3v) is 3.50. The molecule has 0 saturated heterocycles. The van der Waals surface area contributed by atoms with E-state index in [9.17, 15) is 4.39 Å². The Labute approximate surface area is 126 Å². The van der Waals surface area contributed by atoms with Crippen molar-refractivity contribution in [3.05, 3.63) is 64.7 Å². The number of pyridine rings is 1. The summed E-state index contributed by atoms with van der Waals surface area (Å²) in [5, 5.41) is 3.29. The quantitative estimate of drug-likeness (QED) is 0.872. The highest BCUT2D eigenvalue weighted by Crippen LogP contribution is 2.15. The number of aryl methyl sites for hydroxylation is 1. The van der Waals surface area contributed by atoms with Crippen molar-refractivity contribution in [2.75, 3.05) is 0 Å². The maximum absolute atomic E-state index is 14.2. The molecule has 0 amide bonds. The van der Waals surface area contributed by atoms with Gasteiger partial charge in [-0.25, -0.2) is 4.39 Å². The van der Waals surface area contributed by atoms with E-state index in [0.29, 0.717) is 24.6 Å². The van der Waals surface area contributed by atoms with Crippen molar-refractivity contribution in [3.8, 4) is 0 Å². The standard InChI is InChI=1S/C18H23FN2/c1-4-14-6-8-17(21-11-14)10-16-7-5-15(9-18(16)19)12-20-13(2)3/h5-9,11,13,20H,4,10,12H2,1-3H3. The number of aromatic nitrogens is 1. The first-order chi connectivity index (χ1) is 10.1. The molecule has 0 fully saturated rings. The molecule has 21 heavy (non-hydrogen) atoms. The van der Waals surface area contributed by atoms with Gasteiger partial charge in [0.1, 0.15) is 5.82 Å². The van der Waals surface area contributed by atoms with Crippen LogP contribution < -0.4 is 5.32 Å². The zero-order valence-corrected chi connectivity index (χ0v) is 13.0. The lowest BCUT2D eigenvalue weighted by Gasteiger charge is -2.10. The fraction of sp³-hybridized carbons (Fsp3) is 0.389. The molecule has 0 radical (unpaired) electrons. The summed E-state index contributed by atoms with van der Waals surface area (Å²) in [4.78, 5) is 4.39. The van der Waals surface area contributed by atoms with Gasteiger partial charge in [-0.3, -0.25) is 4.98 Å². The second-order valence-electron chi connectivity index (χ2n) is 5.65. The van der Waals surface area contributed by atoms with Gasteiger partial charge in [0, 0.05) is 30.9 Å². The van der Waals surface area contributed by atoms with E-state index in [2.05, 4.69) is 37.1 Å². The Morgan fingerprint density at radius 2 is 1.90 bits per heavy atom. The molecule has 0 aliphatic rings. The lowest BCUT2D eigenvalue weighted by atomic mass is 10.1. The minimum absolute atomic E-state index is 0.153. The molecule has 0 unspecified atom stereocenters. The van der Waals surface area contributed by atoms with Crippen molar-refractivity contribution in [2.45, 2.75) is 46.2 Å². The fourth-order valence-electron chi connectivity index (χ4n) is 2.13. The van der Waals surface area contributed by atoms with Gasteiger partial charge in [0.05, 0.1) is 0 Å². The molecule has 112 valence electrons. The first kappa shape index (κ1) is 15.6. The summed E-state index contributed by atoms with van der Waals surface area (Å²) in [6.45, 7) is 6.95. The van der Waals surface area contributed by atoms with Gasteiger partial charge in [0.2, 0.25) is 0 Å². The van der Waals surface area contributed by atoms with Crippen molar-refractivity contribution in [3.63, 3.8) is 0 Å². The summed E-state index contributed by atoms with van der Waals surface area (Å²) in [5.74, 6) is -0.153. The summed E-state index contributed by atoms with van der Waals surface area (Å²) < 4.78 is 14.2. The van der Waals surface area contributed by atoms with E-state index in [4.69, 9.17) is 0 Å². The molecule has 1 heterocycles. The molecular weight excluding hydrogens is 263 g/mol. The van der Waals surface area contributed by atoms with Crippen LogP contribution in [0, 0.1) is 5.82 Å². The molecule has 0 saturated carbocycles. The van der Waals surface area contributed by atoms with Crippen LogP contribution in [0.25, 0.3) is 0 Å². The molecule has 0 aliphatic carbocycles. The fourth-order valence-corrected chi connectivity index (χ4v) is 2.13. The zero-order chi connectivity index (χ0) is 15.2. The predicted molar refractivity (Wildman–Crippen MR) is 84.8 cm³/mol. The van der Waals surface area contributed by atoms with Crippen LogP contribution in [0.5, 0.6) is 0 Å². The maximum Gasteiger partial charge on any atom is 0.127 e. The third kappa shape index (κ3) is 4.64. The molecule has 2 nitrogen and oxygen atoms in total. The first-order valence-electron chi connectivity index (χ1n) is 7.53. The Balaban J connectivity index is 2.06. The number of benzene rings is 1. The lowest BCUT2D eigenvalue weighted by molar-refractivity contribution is 0.578. The van der Waals surface area contributed by atoms with E-state index >= 15 is 0 Å². The highest BCUT2D eigenvalue weighted by Gasteiger charge is 2.06. The van der Waals surface area contributed by atoms with Crippen LogP contribution in [0.1, 0.15) is 43.2 Å². The number of hydrogen-bond donors (Lipinski definition) is 1. The van der Waals surface area contributed by atoms with Crippen molar-refractivity contribution in [1.82, 2.24) is 10.3 Å². The van der Waals surface area contributed by atoms with Gasteiger partial charge >= 0.3 is 0 Å². The first-order valence-corrected chi connectivity index (χ1v) is 7.53. The summed E-state index contributed by atoms with van der Waals surface area (Å²) in [7, 11) is 0. The SMILES string of the molecule is CCc1ccc(Cc2ccc(CNC(C)C)cc2F)nc1. The predicted octanol–water partition coefficient (Wildman–Crippen LogP) is 3.87. The van der Waals surface area contributed by atoms with E-state index in [0.717, 1.165) is 17.7 Å². The smallest absolute Gasteiger partial charge is 0.127 e. The van der Waals surface area contributed by atoms with Crippen molar-refractivity contribution < 1.29 is 4.39 Å². The molecule has 1 aromatic heterocycles. The minimum Gasteiger partial charge on any atom is -0.310 e. The molecule has 1 N–H and O–H groups in total. The molecule has 2 rings (SSSR count). The Hall–Kier alpha value is -1.74. The molecule has 0 aliphatic heterocycles. The van der Waals surface area contributed by atoms with E-state index in [1.165, 1.54) is 5.56 Å². The van der Waals surface area contributed by atoms with E-state index in [-0.39, 0.29) is 5.82 Å². The monoisotopic (exact) mass is 286 g/mol. The van der Waals surface area contributed by atoms with Crippen LogP contribution in [0.4, 0.5) is 4.39 Å². The van der Waals surface area contributed by atoms with E-state index in [1.54, 1.807) is 6.07 Å². The van der Waals surface area contributed by atoms with Gasteiger partial charge < -0.3 is 5.32 Å². The maximum atomic E-state index is 14.2. The average Bonchev–Trinajstić information content (AvgIpc) is 2.48. The topological polar surface area (TPSA) is 24.9 Å². The van der Waals surface area contributed by atoms with Gasteiger partial charge in [0.15, 0.2) is 0 Å². The lowest BCUT2D eigenvalue weighted by Crippen LogP contribution is -2.21. The van der Waals surface area contributed by atoms with Gasteiger partial charge in [0.25, 0.3) is 0 Å². The highest BCUT2D eigenvalue weighted by atomic mass is 19.1. The average molecular weight is 286 g/mol. The second kappa shape index (κ2) is 7.32. The summed E-state index contributed by atoms with van der Waals surface area (Å²) in [5.41, 5.74) is 3.77. The highest BCUT2D eigenvalue weighted by molar-refractivity contribution is 5.28. The van der Waals surface area contributed by atoms with Crippen LogP contribution in [0.15, 0.2) is 36.5 Å². The number of hydrogen-bond acceptors (Lipinski definition) is 2. The van der Waals surface area contributed by atoms with Crippen molar-refractivity contribution in [1.29, 1.82) is 0 Å². The third-order valence-electron chi connectivity index (χ3n) is 3.50. The van der Waals surface area contributed by atoms with Crippen molar-refractivity contribution in [2.24, 2.45) is 0 Å². The molecule has 0 atom stereocenters. The number of rotatable bonds is 6. The van der Waals surface area contributed by atoms with Crippen LogP contribution in [0.3, 0.4) is 0 Å². The molecule has 3 heteroatoms. The largest absolute Gasteiger partial charge is 0.310 e. The number of nitrogens with zero attached hydrogens (tertiary/aromatic N) is 1. The molecule has 2 aromatic rings. The number of nitrogens with one attached hydrogen (secondary N) is 1. The molecule has 0 spiro atoms. The van der Waals surface area contributed by atoms with Crippen LogP contribution >= 0.6 is 0 Å². The van der Waals surface area contributed by atoms with Gasteiger partial charge in [-0.05, 0) is 35.2 Å². The van der Waals surface area contributed by atoms with Gasteiger partial charge in [-0.2, -0.15) is 0 Å². The molecule has 1 aromatic carbocycles. The van der Waals surface area contributed by atoms with Crippen LogP contribution in [-0.4, -0.2) is 11.0 Å². The van der Waals surface area contributed by atoms with E-state index in [1.807, 2.05) is 24.4 Å². The van der Waals surface area contributed by atoms with Crippen LogP contribution in [-0.2, 0) is 19.4 Å². The Morgan fingerprint density at radius 1 is 1.14 bits per heavy atom. The second-order valence-corrected chi connectivity index (χ2v) is 5.65. The number of halogens is 1. The summed E-state index contributed by atoms with van der Waals surface area (Å²) >= 11 is 0. The van der Waals surface area contributed by atoms with Gasteiger partial charge in [-0.1, -0.05) is 39.0 Å². The summed E-state index contributed by atoms with van der Waals surface area (Å²) in [6, 6.07) is 9.89. The Kier molecular flexibility index (Phi) is 5.45. The molecular formula is C18H23FN2. The van der Waals surface area contributed by atoms with Gasteiger partial charge in [-0.15, -0.1) is 0 Å². The van der Waals surface area contributed by atoms with Crippen molar-refractivity contribution >= 4 is 0 Å². The minimum atomic E-state index is -0.153.